The van der Waals surface area contributed by atoms with Crippen LogP contribution >= 0.6 is 0 Å². The maximum absolute atomic E-state index is 2.46. The van der Waals surface area contributed by atoms with Gasteiger partial charge in [-0.05, 0) is 114 Å². The van der Waals surface area contributed by atoms with Gasteiger partial charge in [-0.1, -0.05) is 117 Å². The van der Waals surface area contributed by atoms with Crippen LogP contribution in [-0.4, -0.2) is 0 Å². The van der Waals surface area contributed by atoms with Gasteiger partial charge in [0.2, 0.25) is 0 Å². The van der Waals surface area contributed by atoms with Gasteiger partial charge in [0.25, 0.3) is 0 Å². The van der Waals surface area contributed by atoms with Gasteiger partial charge in [0, 0.05) is 22.5 Å². The molecule has 3 atom stereocenters. The van der Waals surface area contributed by atoms with Crippen LogP contribution in [0.5, 0.6) is 0 Å². The molecule has 3 aliphatic rings. The van der Waals surface area contributed by atoms with Crippen molar-refractivity contribution in [3.8, 4) is 0 Å². The SMILES string of the molecule is c1ccc(C2(c3ccc(N(c4ccc(C5CC6CCC5C6)cc4)c4ccc5ccccc5c4)cc3)CCCCCC2)cc1. The molecule has 0 aromatic heterocycles. The molecule has 3 saturated carbocycles. The van der Waals surface area contributed by atoms with Gasteiger partial charge >= 0.3 is 0 Å². The Bertz CT molecular complexity index is 1680. The van der Waals surface area contributed by atoms with Crippen molar-refractivity contribution in [2.45, 2.75) is 75.5 Å². The Labute approximate surface area is 257 Å². The Morgan fingerprint density at radius 1 is 0.512 bits per heavy atom. The molecule has 0 radical (unpaired) electrons. The van der Waals surface area contributed by atoms with E-state index < -0.39 is 0 Å². The van der Waals surface area contributed by atoms with Crippen molar-refractivity contribution < 1.29 is 0 Å². The third kappa shape index (κ3) is 4.97. The zero-order chi connectivity index (χ0) is 28.6. The molecule has 5 aromatic rings. The van der Waals surface area contributed by atoms with Gasteiger partial charge in [0.1, 0.15) is 0 Å². The van der Waals surface area contributed by atoms with E-state index in [0.29, 0.717) is 0 Å². The highest BCUT2D eigenvalue weighted by Gasteiger charge is 2.40. The van der Waals surface area contributed by atoms with Crippen molar-refractivity contribution in [2.24, 2.45) is 11.8 Å². The molecule has 0 saturated heterocycles. The van der Waals surface area contributed by atoms with Gasteiger partial charge in [-0.3, -0.25) is 0 Å². The summed E-state index contributed by atoms with van der Waals surface area (Å²) >= 11 is 0. The Balaban J connectivity index is 1.19. The van der Waals surface area contributed by atoms with Crippen LogP contribution in [0.3, 0.4) is 0 Å². The first-order valence-corrected chi connectivity index (χ1v) is 16.8. The summed E-state index contributed by atoms with van der Waals surface area (Å²) < 4.78 is 0. The number of hydrogen-bond acceptors (Lipinski definition) is 1. The molecule has 3 unspecified atom stereocenters. The largest absolute Gasteiger partial charge is 0.310 e. The zero-order valence-corrected chi connectivity index (χ0v) is 25.3. The minimum atomic E-state index is 0.104. The molecule has 0 spiro atoms. The first-order valence-electron chi connectivity index (χ1n) is 16.8. The molecule has 1 heteroatoms. The van der Waals surface area contributed by atoms with Crippen LogP contribution in [-0.2, 0) is 5.41 Å². The number of benzene rings is 5. The van der Waals surface area contributed by atoms with E-state index in [4.69, 9.17) is 0 Å². The van der Waals surface area contributed by atoms with Gasteiger partial charge in [-0.2, -0.15) is 0 Å². The van der Waals surface area contributed by atoms with Crippen molar-refractivity contribution in [3.05, 3.63) is 138 Å². The minimum absolute atomic E-state index is 0.104. The van der Waals surface area contributed by atoms with Crippen LogP contribution in [0, 0.1) is 11.8 Å². The molecule has 3 aliphatic carbocycles. The standard InChI is InChI=1S/C42H43N/c1-2-9-27-42(26-8-1,36-12-4-3-5-13-36)37-19-24-39(25-20-37)43(40-23-16-32-10-6-7-11-34(32)30-40)38-21-17-33(18-22-38)41-29-31-14-15-35(41)28-31/h3-7,10-13,16-25,30-31,35,41H,1-2,8-9,14-15,26-29H2. The summed E-state index contributed by atoms with van der Waals surface area (Å²) in [5.41, 5.74) is 8.27. The van der Waals surface area contributed by atoms with Gasteiger partial charge in [0.15, 0.2) is 0 Å². The average molecular weight is 562 g/mol. The Morgan fingerprint density at radius 3 is 1.81 bits per heavy atom. The van der Waals surface area contributed by atoms with Crippen LogP contribution in [0.2, 0.25) is 0 Å². The summed E-state index contributed by atoms with van der Waals surface area (Å²) in [6, 6.07) is 46.2. The molecule has 216 valence electrons. The molecule has 0 N–H and O–H groups in total. The van der Waals surface area contributed by atoms with E-state index in [1.165, 1.54) is 103 Å². The zero-order valence-electron chi connectivity index (χ0n) is 25.3. The van der Waals surface area contributed by atoms with Crippen LogP contribution in [0.25, 0.3) is 10.8 Å². The smallest absolute Gasteiger partial charge is 0.0468 e. The van der Waals surface area contributed by atoms with Crippen molar-refractivity contribution >= 4 is 27.8 Å². The third-order valence-electron chi connectivity index (χ3n) is 11.3. The lowest BCUT2D eigenvalue weighted by Gasteiger charge is -2.35. The molecule has 8 rings (SSSR count). The summed E-state index contributed by atoms with van der Waals surface area (Å²) in [7, 11) is 0. The molecule has 43 heavy (non-hydrogen) atoms. The highest BCUT2D eigenvalue weighted by molar-refractivity contribution is 5.89. The topological polar surface area (TPSA) is 3.24 Å². The quantitative estimate of drug-likeness (QED) is 0.186. The molecule has 3 fully saturated rings. The van der Waals surface area contributed by atoms with Crippen molar-refractivity contribution in [3.63, 3.8) is 0 Å². The average Bonchev–Trinajstić information content (AvgIpc) is 3.62. The van der Waals surface area contributed by atoms with Gasteiger partial charge in [0.05, 0.1) is 0 Å². The third-order valence-corrected chi connectivity index (χ3v) is 11.3. The molecule has 5 aromatic carbocycles. The fourth-order valence-electron chi connectivity index (χ4n) is 9.05. The molecule has 0 amide bonds. The van der Waals surface area contributed by atoms with Crippen LogP contribution in [0.15, 0.2) is 121 Å². The predicted octanol–water partition coefficient (Wildman–Crippen LogP) is 11.9. The fraction of sp³-hybridized carbons (Fsp3) is 0.333. The summed E-state index contributed by atoms with van der Waals surface area (Å²) in [6.45, 7) is 0. The Kier molecular flexibility index (Phi) is 7.06. The normalized spacial score (nSPS) is 22.8. The van der Waals surface area contributed by atoms with Crippen molar-refractivity contribution in [1.29, 1.82) is 0 Å². The molecule has 0 heterocycles. The van der Waals surface area contributed by atoms with E-state index in [9.17, 15) is 0 Å². The molecule has 1 nitrogen and oxygen atoms in total. The number of hydrogen-bond donors (Lipinski definition) is 0. The van der Waals surface area contributed by atoms with Crippen molar-refractivity contribution in [1.82, 2.24) is 0 Å². The van der Waals surface area contributed by atoms with Crippen molar-refractivity contribution in [2.75, 3.05) is 4.90 Å². The van der Waals surface area contributed by atoms with E-state index in [1.807, 2.05) is 0 Å². The molecule has 0 aliphatic heterocycles. The second-order valence-electron chi connectivity index (χ2n) is 13.6. The lowest BCUT2D eigenvalue weighted by molar-refractivity contribution is 0.420. The summed E-state index contributed by atoms with van der Waals surface area (Å²) in [5.74, 6) is 2.63. The Hall–Kier alpha value is -3.84. The summed E-state index contributed by atoms with van der Waals surface area (Å²) in [4.78, 5) is 2.46. The van der Waals surface area contributed by atoms with E-state index in [2.05, 4.69) is 126 Å². The maximum Gasteiger partial charge on any atom is 0.0468 e. The van der Waals surface area contributed by atoms with E-state index in [0.717, 1.165) is 17.8 Å². The first-order chi connectivity index (χ1) is 21.3. The maximum atomic E-state index is 2.46. The van der Waals surface area contributed by atoms with E-state index in [1.54, 1.807) is 5.56 Å². The van der Waals surface area contributed by atoms with Crippen LogP contribution < -0.4 is 4.90 Å². The highest BCUT2D eigenvalue weighted by atomic mass is 15.1. The van der Waals surface area contributed by atoms with E-state index in [-0.39, 0.29) is 5.41 Å². The lowest BCUT2D eigenvalue weighted by atomic mass is 9.69. The van der Waals surface area contributed by atoms with Gasteiger partial charge in [-0.15, -0.1) is 0 Å². The number of rotatable bonds is 6. The Morgan fingerprint density at radius 2 is 1.14 bits per heavy atom. The number of anilines is 3. The monoisotopic (exact) mass is 561 g/mol. The molecular formula is C42H43N. The second-order valence-corrected chi connectivity index (χ2v) is 13.6. The molecular weight excluding hydrogens is 518 g/mol. The summed E-state index contributed by atoms with van der Waals surface area (Å²) in [6.07, 6.45) is 13.5. The van der Waals surface area contributed by atoms with E-state index >= 15 is 0 Å². The van der Waals surface area contributed by atoms with Gasteiger partial charge < -0.3 is 4.90 Å². The lowest BCUT2D eigenvalue weighted by Crippen LogP contribution is -2.27. The predicted molar refractivity (Wildman–Crippen MR) is 182 cm³/mol. The first kappa shape index (κ1) is 26.8. The fourth-order valence-corrected chi connectivity index (χ4v) is 9.05. The minimum Gasteiger partial charge on any atom is -0.310 e. The van der Waals surface area contributed by atoms with Crippen LogP contribution in [0.4, 0.5) is 17.1 Å². The highest BCUT2D eigenvalue weighted by Crippen LogP contribution is 2.53. The summed E-state index contributed by atoms with van der Waals surface area (Å²) in [5, 5.41) is 2.56. The van der Waals surface area contributed by atoms with Gasteiger partial charge in [-0.25, -0.2) is 0 Å². The van der Waals surface area contributed by atoms with Crippen LogP contribution in [0.1, 0.15) is 86.8 Å². The number of nitrogens with zero attached hydrogens (tertiary/aromatic N) is 1. The molecule has 2 bridgehead atoms. The number of fused-ring (bicyclic) bond motifs is 3. The second kappa shape index (κ2) is 11.3.